The van der Waals surface area contributed by atoms with Crippen LogP contribution in [0.2, 0.25) is 13.1 Å². The van der Waals surface area contributed by atoms with Crippen LogP contribution >= 0.6 is 0 Å². The van der Waals surface area contributed by atoms with Crippen LogP contribution < -0.4 is 0 Å². The fourth-order valence-electron chi connectivity index (χ4n) is 4.49. The van der Waals surface area contributed by atoms with Crippen LogP contribution in [0.5, 0.6) is 0 Å². The zero-order chi connectivity index (χ0) is 24.6. The molecular weight excluding hydrogens is 462 g/mol. The minimum atomic E-state index is -1.69. The van der Waals surface area contributed by atoms with Crippen LogP contribution in [0.1, 0.15) is 59.6 Å². The number of hydrogen-bond donors (Lipinski definition) is 0. The van der Waals surface area contributed by atoms with Crippen molar-refractivity contribution >= 4 is 20.4 Å². The maximum atomic E-state index is 5.13. The van der Waals surface area contributed by atoms with E-state index >= 15 is 0 Å². The van der Waals surface area contributed by atoms with Crippen molar-refractivity contribution in [1.29, 1.82) is 0 Å². The van der Waals surface area contributed by atoms with Gasteiger partial charge >= 0.3 is 21.7 Å². The van der Waals surface area contributed by atoms with Crippen LogP contribution in [-0.2, 0) is 21.7 Å². The molecule has 0 unspecified atom stereocenters. The van der Waals surface area contributed by atoms with Gasteiger partial charge in [0.05, 0.1) is 0 Å². The van der Waals surface area contributed by atoms with Gasteiger partial charge in [0, 0.05) is 0 Å². The van der Waals surface area contributed by atoms with Crippen molar-refractivity contribution < 1.29 is 21.7 Å². The number of hydrogen-bond acceptors (Lipinski definition) is 0. The van der Waals surface area contributed by atoms with E-state index in [9.17, 15) is 0 Å². The SMILES string of the molecule is C(/C=C/c1ccccc1)=C\c1ccccc1.C[C]1[C](C)[C](C)[C]([Si](C)(C)[N-]C(C)(C)C)[C]1C.[Ti+2]. The molecule has 0 heterocycles. The molecule has 0 saturated heterocycles. The summed E-state index contributed by atoms with van der Waals surface area (Å²) in [5, 5.41) is 0. The third-order valence-corrected chi connectivity index (χ3v) is 9.16. The number of rotatable bonds is 5. The average molecular weight is 504 g/mol. The second-order valence-corrected chi connectivity index (χ2v) is 14.1. The molecule has 0 aromatic heterocycles. The van der Waals surface area contributed by atoms with Crippen LogP contribution in [0.25, 0.3) is 17.1 Å². The first-order valence-corrected chi connectivity index (χ1v) is 14.8. The van der Waals surface area contributed by atoms with Gasteiger partial charge in [0.15, 0.2) is 0 Å². The molecule has 177 valence electrons. The Balaban J connectivity index is 0.000000331. The van der Waals surface area contributed by atoms with E-state index in [0.717, 1.165) is 0 Å². The fourth-order valence-corrected chi connectivity index (χ4v) is 8.49. The maximum Gasteiger partial charge on any atom is 2.00 e. The van der Waals surface area contributed by atoms with Crippen LogP contribution in [0.4, 0.5) is 0 Å². The summed E-state index contributed by atoms with van der Waals surface area (Å²) < 4.78 is 0. The molecule has 1 aliphatic carbocycles. The smallest absolute Gasteiger partial charge is 0.659 e. The molecule has 2 aromatic rings. The Labute approximate surface area is 226 Å². The standard InChI is InChI=1S/C16H14.C15H27NSi.Ti/c1-3-9-15(10-4-1)13-7-8-14-16-11-5-2-6-12-16;1-10-11(2)13(4)14(12(10)3)17(8,9)16-15(5,6)7;/h1-14H;1-9H3;/q;-1;+2/b13-7+,14-8+;;. The normalized spacial score (nSPS) is 17.2. The van der Waals surface area contributed by atoms with Crippen LogP contribution in [0.3, 0.4) is 0 Å². The largest absolute Gasteiger partial charge is 2.00 e. The minimum Gasteiger partial charge on any atom is -0.659 e. The van der Waals surface area contributed by atoms with Gasteiger partial charge in [0.2, 0.25) is 0 Å². The third-order valence-electron chi connectivity index (χ3n) is 5.95. The Hall–Kier alpha value is -1.19. The average Bonchev–Trinajstić information content (AvgIpc) is 2.95. The van der Waals surface area contributed by atoms with Gasteiger partial charge < -0.3 is 4.98 Å². The molecule has 34 heavy (non-hydrogen) atoms. The van der Waals surface area contributed by atoms with Crippen molar-refractivity contribution in [2.45, 2.75) is 67.1 Å². The zero-order valence-corrected chi connectivity index (χ0v) is 25.1. The summed E-state index contributed by atoms with van der Waals surface area (Å²) in [6, 6.07) is 20.6. The number of allylic oxidation sites excluding steroid dienone is 2. The van der Waals surface area contributed by atoms with Gasteiger partial charge in [-0.2, -0.15) is 0 Å². The maximum absolute atomic E-state index is 5.13. The Morgan fingerprint density at radius 1 is 0.618 bits per heavy atom. The molecule has 2 aromatic carbocycles. The van der Waals surface area contributed by atoms with Gasteiger partial charge in [-0.1, -0.05) is 155 Å². The van der Waals surface area contributed by atoms with Crippen molar-refractivity contribution in [1.82, 2.24) is 0 Å². The number of benzene rings is 2. The summed E-state index contributed by atoms with van der Waals surface area (Å²) in [4.78, 5) is 5.13. The van der Waals surface area contributed by atoms with E-state index < -0.39 is 8.24 Å². The first-order valence-electron chi connectivity index (χ1n) is 11.8. The molecule has 1 aliphatic rings. The van der Waals surface area contributed by atoms with Crippen molar-refractivity contribution in [3.63, 3.8) is 0 Å². The third kappa shape index (κ3) is 9.46. The van der Waals surface area contributed by atoms with Crippen LogP contribution in [0, 0.1) is 29.2 Å². The van der Waals surface area contributed by atoms with Gasteiger partial charge in [0.1, 0.15) is 0 Å². The minimum absolute atomic E-state index is 0. The molecule has 0 N–H and O–H groups in total. The summed E-state index contributed by atoms with van der Waals surface area (Å²) in [6.45, 7) is 20.3. The Morgan fingerprint density at radius 3 is 1.29 bits per heavy atom. The molecule has 0 atom stereocenters. The second-order valence-electron chi connectivity index (χ2n) is 10.3. The summed E-state index contributed by atoms with van der Waals surface area (Å²) in [5.74, 6) is 5.87. The zero-order valence-electron chi connectivity index (χ0n) is 22.5. The number of nitrogens with zero attached hydrogens (tertiary/aromatic N) is 1. The van der Waals surface area contributed by atoms with Crippen LogP contribution in [-0.4, -0.2) is 13.8 Å². The predicted octanol–water partition coefficient (Wildman–Crippen LogP) is 9.28. The Bertz CT molecular complexity index is 821. The molecule has 0 aliphatic heterocycles. The van der Waals surface area contributed by atoms with Crippen molar-refractivity contribution in [3.05, 3.63) is 118 Å². The van der Waals surface area contributed by atoms with E-state index in [-0.39, 0.29) is 27.3 Å². The quantitative estimate of drug-likeness (QED) is 0.285. The second kappa shape index (κ2) is 13.8. The summed E-state index contributed by atoms with van der Waals surface area (Å²) in [6.07, 6.45) is 8.31. The summed E-state index contributed by atoms with van der Waals surface area (Å²) >= 11 is 0. The molecule has 3 heteroatoms. The van der Waals surface area contributed by atoms with Gasteiger partial charge in [-0.05, 0) is 40.3 Å². The molecule has 3 rings (SSSR count). The van der Waals surface area contributed by atoms with Crippen molar-refractivity contribution in [3.8, 4) is 0 Å². The van der Waals surface area contributed by atoms with E-state index in [2.05, 4.69) is 110 Å². The van der Waals surface area contributed by atoms with Crippen molar-refractivity contribution in [2.75, 3.05) is 0 Å². The fraction of sp³-hybridized carbons (Fsp3) is 0.323. The summed E-state index contributed by atoms with van der Waals surface area (Å²) in [5.41, 5.74) is 4.07. The van der Waals surface area contributed by atoms with Gasteiger partial charge in [-0.15, -0.1) is 5.54 Å². The Morgan fingerprint density at radius 2 is 0.971 bits per heavy atom. The monoisotopic (exact) mass is 503 g/mol. The van der Waals surface area contributed by atoms with Gasteiger partial charge in [-0.25, -0.2) is 0 Å². The molecule has 5 radical (unpaired) electrons. The predicted molar refractivity (Wildman–Crippen MR) is 150 cm³/mol. The Kier molecular flexibility index (Phi) is 12.5. The molecule has 0 amide bonds. The molecule has 1 nitrogen and oxygen atoms in total. The van der Waals surface area contributed by atoms with E-state index in [1.165, 1.54) is 34.8 Å². The van der Waals surface area contributed by atoms with Crippen LogP contribution in [0.15, 0.2) is 72.8 Å². The topological polar surface area (TPSA) is 14.1 Å². The van der Waals surface area contributed by atoms with Gasteiger partial charge in [0.25, 0.3) is 0 Å². The van der Waals surface area contributed by atoms with E-state index in [1.54, 1.807) is 5.54 Å². The first kappa shape index (κ1) is 30.8. The van der Waals surface area contributed by atoms with E-state index in [1.807, 2.05) is 36.4 Å². The molecule has 1 fully saturated rings. The van der Waals surface area contributed by atoms with Crippen molar-refractivity contribution in [2.24, 2.45) is 0 Å². The molecule has 0 spiro atoms. The molecular formula is C31H41NSiTi+. The summed E-state index contributed by atoms with van der Waals surface area (Å²) in [7, 11) is -1.69. The van der Waals surface area contributed by atoms with E-state index in [0.29, 0.717) is 0 Å². The van der Waals surface area contributed by atoms with Gasteiger partial charge in [-0.3, -0.25) is 0 Å². The molecule has 1 saturated carbocycles. The first-order chi connectivity index (χ1) is 15.4. The van der Waals surface area contributed by atoms with E-state index in [4.69, 9.17) is 4.98 Å². The molecule has 0 bridgehead atoms.